The summed E-state index contributed by atoms with van der Waals surface area (Å²) in [6.07, 6.45) is 11.3. The van der Waals surface area contributed by atoms with Crippen LogP contribution in [0.15, 0.2) is 0 Å². The maximum Gasteiger partial charge on any atom is 0.0807 e. The molecule has 4 heteroatoms. The third kappa shape index (κ3) is 12.8. The Labute approximate surface area is 121 Å². The summed E-state index contributed by atoms with van der Waals surface area (Å²) in [5.74, 6) is 0.468. The number of hydrogen-bond donors (Lipinski definition) is 2. The molecule has 0 saturated heterocycles. The molecule has 0 saturated carbocycles. The van der Waals surface area contributed by atoms with Crippen LogP contribution in [-0.2, 0) is 10.8 Å². The van der Waals surface area contributed by atoms with Gasteiger partial charge in [-0.1, -0.05) is 58.3 Å². The first kappa shape index (κ1) is 19.1. The molecule has 3 unspecified atom stereocenters. The van der Waals surface area contributed by atoms with Gasteiger partial charge in [0.05, 0.1) is 12.2 Å². The van der Waals surface area contributed by atoms with Gasteiger partial charge >= 0.3 is 0 Å². The van der Waals surface area contributed by atoms with Gasteiger partial charge in [0.15, 0.2) is 0 Å². The van der Waals surface area contributed by atoms with Crippen LogP contribution >= 0.6 is 0 Å². The summed E-state index contributed by atoms with van der Waals surface area (Å²) >= 11 is 0. The Morgan fingerprint density at radius 2 is 1.32 bits per heavy atom. The van der Waals surface area contributed by atoms with Crippen LogP contribution in [0.1, 0.15) is 71.1 Å². The van der Waals surface area contributed by atoms with Crippen molar-refractivity contribution in [2.45, 2.75) is 83.3 Å². The normalized spacial score (nSPS) is 16.2. The van der Waals surface area contributed by atoms with Gasteiger partial charge in [-0.25, -0.2) is 0 Å². The lowest BCUT2D eigenvalue weighted by Crippen LogP contribution is -2.27. The van der Waals surface area contributed by atoms with Gasteiger partial charge in [0.1, 0.15) is 0 Å². The van der Waals surface area contributed by atoms with E-state index in [0.717, 1.165) is 12.8 Å². The van der Waals surface area contributed by atoms with E-state index in [0.29, 0.717) is 18.6 Å². The summed E-state index contributed by atoms with van der Waals surface area (Å²) < 4.78 is 10.9. The highest BCUT2D eigenvalue weighted by Gasteiger charge is 2.15. The van der Waals surface area contributed by atoms with E-state index in [9.17, 15) is 14.4 Å². The van der Waals surface area contributed by atoms with Crippen molar-refractivity contribution >= 4 is 10.8 Å². The van der Waals surface area contributed by atoms with Crippen LogP contribution in [0.4, 0.5) is 0 Å². The predicted molar refractivity (Wildman–Crippen MR) is 82.8 cm³/mol. The Morgan fingerprint density at radius 1 is 0.842 bits per heavy atom. The van der Waals surface area contributed by atoms with E-state index in [1.54, 1.807) is 6.26 Å². The number of unbranched alkanes of at least 4 members (excludes halogenated alkanes) is 7. The molecule has 0 aliphatic carbocycles. The van der Waals surface area contributed by atoms with Crippen molar-refractivity contribution in [3.8, 4) is 0 Å². The smallest absolute Gasteiger partial charge is 0.0807 e. The van der Waals surface area contributed by atoms with Gasteiger partial charge in [0, 0.05) is 22.8 Å². The van der Waals surface area contributed by atoms with Gasteiger partial charge in [0.2, 0.25) is 0 Å². The van der Waals surface area contributed by atoms with Crippen molar-refractivity contribution in [3.05, 3.63) is 0 Å². The van der Waals surface area contributed by atoms with Gasteiger partial charge in [-0.3, -0.25) is 4.21 Å². The van der Waals surface area contributed by atoms with Gasteiger partial charge < -0.3 is 10.2 Å². The number of rotatable bonds is 13. The summed E-state index contributed by atoms with van der Waals surface area (Å²) in [6, 6.07) is 0. The first-order valence-electron chi connectivity index (χ1n) is 7.74. The first-order valence-corrected chi connectivity index (χ1v) is 9.46. The lowest BCUT2D eigenvalue weighted by Gasteiger charge is -2.17. The van der Waals surface area contributed by atoms with Crippen LogP contribution in [0, 0.1) is 0 Å². The maximum atomic E-state index is 10.9. The van der Waals surface area contributed by atoms with Crippen molar-refractivity contribution in [1.29, 1.82) is 0 Å². The van der Waals surface area contributed by atoms with Crippen molar-refractivity contribution in [3.63, 3.8) is 0 Å². The first-order chi connectivity index (χ1) is 9.07. The van der Waals surface area contributed by atoms with Crippen molar-refractivity contribution < 1.29 is 14.4 Å². The van der Waals surface area contributed by atoms with Crippen LogP contribution in [-0.4, -0.2) is 38.6 Å². The summed E-state index contributed by atoms with van der Waals surface area (Å²) in [5, 5.41) is 19.4. The molecule has 0 rings (SSSR count). The summed E-state index contributed by atoms with van der Waals surface area (Å²) in [7, 11) is -0.887. The van der Waals surface area contributed by atoms with E-state index in [1.165, 1.54) is 38.5 Å². The van der Waals surface area contributed by atoms with Gasteiger partial charge in [0.25, 0.3) is 0 Å². The number of hydrogen-bond acceptors (Lipinski definition) is 3. The molecule has 0 aromatic carbocycles. The zero-order chi connectivity index (χ0) is 14.5. The van der Waals surface area contributed by atoms with Gasteiger partial charge in [-0.2, -0.15) is 0 Å². The predicted octanol–water partition coefficient (Wildman–Crippen LogP) is 3.01. The number of aliphatic hydroxyl groups is 2. The lowest BCUT2D eigenvalue weighted by atomic mass is 10.0. The van der Waals surface area contributed by atoms with Crippen LogP contribution in [0.3, 0.4) is 0 Å². The monoisotopic (exact) mass is 292 g/mol. The molecule has 3 atom stereocenters. The molecule has 3 nitrogen and oxygen atoms in total. The van der Waals surface area contributed by atoms with Gasteiger partial charge in [-0.05, 0) is 12.8 Å². The topological polar surface area (TPSA) is 57.5 Å². The number of aliphatic hydroxyl groups excluding tert-OH is 2. The average molecular weight is 292 g/mol. The molecule has 19 heavy (non-hydrogen) atoms. The Balaban J connectivity index is 3.37. The summed E-state index contributed by atoms with van der Waals surface area (Å²) in [5.41, 5.74) is 0. The molecular weight excluding hydrogens is 260 g/mol. The molecule has 0 aliphatic heterocycles. The zero-order valence-corrected chi connectivity index (χ0v) is 13.5. The van der Waals surface area contributed by atoms with Crippen molar-refractivity contribution in [1.82, 2.24) is 0 Å². The Kier molecular flexibility index (Phi) is 13.1. The molecule has 0 aromatic rings. The third-order valence-electron chi connectivity index (χ3n) is 3.50. The highest BCUT2D eigenvalue weighted by Crippen LogP contribution is 2.13. The van der Waals surface area contributed by atoms with E-state index in [4.69, 9.17) is 0 Å². The summed E-state index contributed by atoms with van der Waals surface area (Å²) in [6.45, 7) is 2.22. The van der Waals surface area contributed by atoms with Gasteiger partial charge in [-0.15, -0.1) is 0 Å². The fourth-order valence-corrected chi connectivity index (χ4v) is 2.73. The molecule has 0 fully saturated rings. The fourth-order valence-electron chi connectivity index (χ4n) is 2.16. The van der Waals surface area contributed by atoms with E-state index in [1.807, 2.05) is 0 Å². The quantitative estimate of drug-likeness (QED) is 0.513. The zero-order valence-electron chi connectivity index (χ0n) is 12.6. The second-order valence-corrected chi connectivity index (χ2v) is 7.02. The van der Waals surface area contributed by atoms with Crippen LogP contribution in [0.5, 0.6) is 0 Å². The second-order valence-electron chi connectivity index (χ2n) is 5.46. The standard InChI is InChI=1S/C15H32O3S/c1-3-4-5-6-7-8-9-10-11-14(16)15(17)12-13-19(2)18/h14-17H,3-13H2,1-2H3. The molecule has 0 radical (unpaired) electrons. The maximum absolute atomic E-state index is 10.9. The van der Waals surface area contributed by atoms with E-state index < -0.39 is 23.0 Å². The Hall–Kier alpha value is 0.0700. The highest BCUT2D eigenvalue weighted by atomic mass is 32.2. The van der Waals surface area contributed by atoms with Crippen molar-refractivity contribution in [2.24, 2.45) is 0 Å². The summed E-state index contributed by atoms with van der Waals surface area (Å²) in [4.78, 5) is 0. The minimum atomic E-state index is -0.887. The van der Waals surface area contributed by atoms with Crippen LogP contribution in [0.25, 0.3) is 0 Å². The van der Waals surface area contributed by atoms with Crippen LogP contribution in [0.2, 0.25) is 0 Å². The largest absolute Gasteiger partial charge is 0.390 e. The lowest BCUT2D eigenvalue weighted by molar-refractivity contribution is 0.0119. The minimum absolute atomic E-state index is 0.432. The molecule has 0 spiro atoms. The molecule has 0 aliphatic rings. The third-order valence-corrected chi connectivity index (χ3v) is 4.31. The molecule has 2 N–H and O–H groups in total. The fraction of sp³-hybridized carbons (Fsp3) is 1.00. The van der Waals surface area contributed by atoms with E-state index >= 15 is 0 Å². The SMILES string of the molecule is CCCCCCCCCCC(O)C(O)CCS(C)=O. The average Bonchev–Trinajstić information content (AvgIpc) is 2.38. The Bertz CT molecular complexity index is 221. The van der Waals surface area contributed by atoms with Crippen LogP contribution < -0.4 is 0 Å². The molecule has 0 bridgehead atoms. The van der Waals surface area contributed by atoms with Crippen molar-refractivity contribution in [2.75, 3.05) is 12.0 Å². The Morgan fingerprint density at radius 3 is 1.84 bits per heavy atom. The second kappa shape index (κ2) is 13.1. The molecule has 0 aromatic heterocycles. The van der Waals surface area contributed by atoms with E-state index in [2.05, 4.69) is 6.92 Å². The molecule has 0 amide bonds. The molecule has 116 valence electrons. The molecular formula is C15H32O3S. The minimum Gasteiger partial charge on any atom is -0.390 e. The highest BCUT2D eigenvalue weighted by molar-refractivity contribution is 7.84. The van der Waals surface area contributed by atoms with E-state index in [-0.39, 0.29) is 0 Å². The molecule has 0 heterocycles.